The molecule has 0 aliphatic heterocycles. The van der Waals surface area contributed by atoms with Gasteiger partial charge in [-0.1, -0.05) is 0 Å². The standard InChI is InChI=1S/C18H30N4O12/c23-13(24)7-19(3-5-21(9-15(27)28)10-16(29)30)1-2-20(8-14(25)26)4-6-22(11-17(31)32)12-18(33)34/h1-12H2,(H,23,24)(H,25,26)(H,27,28)(H,29,30)(H,31,32)(H,33,34). The maximum Gasteiger partial charge on any atom is 0.317 e. The van der Waals surface area contributed by atoms with Crippen molar-refractivity contribution in [3.63, 3.8) is 0 Å². The third kappa shape index (κ3) is 17.2. The van der Waals surface area contributed by atoms with Crippen molar-refractivity contribution in [3.05, 3.63) is 0 Å². The van der Waals surface area contributed by atoms with Crippen LogP contribution in [0, 0.1) is 0 Å². The minimum absolute atomic E-state index is 0.0159. The van der Waals surface area contributed by atoms with Crippen molar-refractivity contribution in [1.29, 1.82) is 0 Å². The predicted octanol–water partition coefficient (Wildman–Crippen LogP) is -3.30. The molecule has 0 amide bonds. The van der Waals surface area contributed by atoms with E-state index in [0.717, 1.165) is 9.80 Å². The summed E-state index contributed by atoms with van der Waals surface area (Å²) in [7, 11) is 0. The Morgan fingerprint density at radius 1 is 0.324 bits per heavy atom. The van der Waals surface area contributed by atoms with Gasteiger partial charge in [0.1, 0.15) is 0 Å². The molecule has 194 valence electrons. The van der Waals surface area contributed by atoms with Gasteiger partial charge in [-0.25, -0.2) is 0 Å². The lowest BCUT2D eigenvalue weighted by Gasteiger charge is -2.29. The molecule has 0 saturated heterocycles. The molecule has 0 saturated carbocycles. The highest BCUT2D eigenvalue weighted by Gasteiger charge is 2.20. The van der Waals surface area contributed by atoms with Crippen LogP contribution in [0.15, 0.2) is 0 Å². The second-order valence-corrected chi connectivity index (χ2v) is 7.34. The number of carboxylic acids is 6. The van der Waals surface area contributed by atoms with Crippen LogP contribution in [0.4, 0.5) is 0 Å². The van der Waals surface area contributed by atoms with E-state index in [0.29, 0.717) is 0 Å². The second-order valence-electron chi connectivity index (χ2n) is 7.34. The first-order valence-corrected chi connectivity index (χ1v) is 9.98. The quantitative estimate of drug-likeness (QED) is 0.0916. The topological polar surface area (TPSA) is 237 Å². The number of hydrogen-bond donors (Lipinski definition) is 6. The fourth-order valence-electron chi connectivity index (χ4n) is 2.96. The molecule has 0 atom stereocenters. The van der Waals surface area contributed by atoms with E-state index < -0.39 is 75.1 Å². The Hall–Kier alpha value is -3.34. The van der Waals surface area contributed by atoms with E-state index in [1.54, 1.807) is 0 Å². The first kappa shape index (κ1) is 30.7. The van der Waals surface area contributed by atoms with Gasteiger partial charge >= 0.3 is 35.8 Å². The Kier molecular flexibility index (Phi) is 14.7. The van der Waals surface area contributed by atoms with E-state index in [-0.39, 0.29) is 39.3 Å². The van der Waals surface area contributed by atoms with E-state index >= 15 is 0 Å². The van der Waals surface area contributed by atoms with Crippen LogP contribution in [0.3, 0.4) is 0 Å². The van der Waals surface area contributed by atoms with Gasteiger partial charge in [0.05, 0.1) is 39.3 Å². The van der Waals surface area contributed by atoms with E-state index in [2.05, 4.69) is 0 Å². The molecular weight excluding hydrogens is 464 g/mol. The number of nitrogens with zero attached hydrogens (tertiary/aromatic N) is 4. The highest BCUT2D eigenvalue weighted by Crippen LogP contribution is 1.99. The van der Waals surface area contributed by atoms with Crippen molar-refractivity contribution < 1.29 is 59.4 Å². The van der Waals surface area contributed by atoms with Crippen LogP contribution in [-0.2, 0) is 28.8 Å². The number of rotatable bonds is 21. The SMILES string of the molecule is O=C(O)CN(CCN(CCN(CC(=O)O)CC(=O)O)CC(=O)O)CCN(CC(=O)O)CC(=O)O. The third-order valence-corrected chi connectivity index (χ3v) is 4.35. The van der Waals surface area contributed by atoms with Crippen molar-refractivity contribution in [2.24, 2.45) is 0 Å². The molecule has 34 heavy (non-hydrogen) atoms. The van der Waals surface area contributed by atoms with Crippen molar-refractivity contribution in [2.75, 3.05) is 78.5 Å². The molecule has 0 unspecified atom stereocenters. The maximum atomic E-state index is 11.2. The van der Waals surface area contributed by atoms with Gasteiger partial charge in [0.15, 0.2) is 0 Å². The van der Waals surface area contributed by atoms with Crippen LogP contribution in [0.1, 0.15) is 0 Å². The Morgan fingerprint density at radius 2 is 0.471 bits per heavy atom. The number of hydrogen-bond acceptors (Lipinski definition) is 10. The maximum absolute atomic E-state index is 11.2. The number of aliphatic carboxylic acids is 6. The van der Waals surface area contributed by atoms with Crippen LogP contribution >= 0.6 is 0 Å². The monoisotopic (exact) mass is 494 g/mol. The van der Waals surface area contributed by atoms with E-state index in [9.17, 15) is 28.8 Å². The molecule has 0 aliphatic rings. The second kappa shape index (κ2) is 16.3. The van der Waals surface area contributed by atoms with Gasteiger partial charge in [0, 0.05) is 39.3 Å². The smallest absolute Gasteiger partial charge is 0.317 e. The first-order valence-electron chi connectivity index (χ1n) is 9.98. The Balaban J connectivity index is 5.13. The minimum atomic E-state index is -1.26. The average molecular weight is 494 g/mol. The molecule has 16 heteroatoms. The summed E-state index contributed by atoms with van der Waals surface area (Å²) in [4.78, 5) is 71.0. The lowest BCUT2D eigenvalue weighted by Crippen LogP contribution is -2.46. The molecule has 0 bridgehead atoms. The summed E-state index contributed by atoms with van der Waals surface area (Å²) in [6, 6.07) is 0. The fourth-order valence-corrected chi connectivity index (χ4v) is 2.96. The highest BCUT2D eigenvalue weighted by molar-refractivity contribution is 5.73. The van der Waals surface area contributed by atoms with Gasteiger partial charge in [-0.05, 0) is 0 Å². The molecule has 0 fully saturated rings. The van der Waals surface area contributed by atoms with Crippen LogP contribution in [0.25, 0.3) is 0 Å². The summed E-state index contributed by atoms with van der Waals surface area (Å²) < 4.78 is 0. The molecule has 0 spiro atoms. The number of carboxylic acid groups (broad SMARTS) is 6. The summed E-state index contributed by atoms with van der Waals surface area (Å²) in [5.41, 5.74) is 0. The fraction of sp³-hybridized carbons (Fsp3) is 0.667. The molecule has 0 aliphatic carbocycles. The molecular formula is C18H30N4O12. The van der Waals surface area contributed by atoms with E-state index in [1.807, 2.05) is 0 Å². The van der Waals surface area contributed by atoms with Crippen molar-refractivity contribution >= 4 is 35.8 Å². The van der Waals surface area contributed by atoms with Gasteiger partial charge < -0.3 is 30.6 Å². The van der Waals surface area contributed by atoms with Crippen LogP contribution in [-0.4, -0.2) is 165 Å². The summed E-state index contributed by atoms with van der Waals surface area (Å²) in [5.74, 6) is -7.45. The lowest BCUT2D eigenvalue weighted by atomic mass is 10.3. The highest BCUT2D eigenvalue weighted by atomic mass is 16.4. The van der Waals surface area contributed by atoms with Crippen molar-refractivity contribution in [3.8, 4) is 0 Å². The van der Waals surface area contributed by atoms with Gasteiger partial charge in [-0.2, -0.15) is 0 Å². The molecule has 6 N–H and O–H groups in total. The molecule has 0 rings (SSSR count). The van der Waals surface area contributed by atoms with Crippen LogP contribution < -0.4 is 0 Å². The predicted molar refractivity (Wildman–Crippen MR) is 112 cm³/mol. The van der Waals surface area contributed by atoms with Crippen molar-refractivity contribution in [2.45, 2.75) is 0 Å². The zero-order valence-electron chi connectivity index (χ0n) is 18.4. The molecule has 0 heterocycles. The zero-order chi connectivity index (χ0) is 26.3. The molecule has 0 aromatic carbocycles. The van der Waals surface area contributed by atoms with Gasteiger partial charge in [-0.3, -0.25) is 48.4 Å². The van der Waals surface area contributed by atoms with Gasteiger partial charge in [0.25, 0.3) is 0 Å². The summed E-state index contributed by atoms with van der Waals surface area (Å²) >= 11 is 0. The molecule has 0 aromatic rings. The Labute approximate surface area is 194 Å². The largest absolute Gasteiger partial charge is 0.480 e. The first-order chi connectivity index (χ1) is 15.8. The van der Waals surface area contributed by atoms with Gasteiger partial charge in [-0.15, -0.1) is 0 Å². The lowest BCUT2D eigenvalue weighted by molar-refractivity contribution is -0.144. The van der Waals surface area contributed by atoms with Crippen LogP contribution in [0.2, 0.25) is 0 Å². The van der Waals surface area contributed by atoms with Gasteiger partial charge in [0.2, 0.25) is 0 Å². The minimum Gasteiger partial charge on any atom is -0.480 e. The van der Waals surface area contributed by atoms with E-state index in [1.165, 1.54) is 9.80 Å². The van der Waals surface area contributed by atoms with Crippen LogP contribution in [0.5, 0.6) is 0 Å². The molecule has 16 nitrogen and oxygen atoms in total. The summed E-state index contributed by atoms with van der Waals surface area (Å²) in [5, 5.41) is 53.8. The molecule has 0 radical (unpaired) electrons. The summed E-state index contributed by atoms with van der Waals surface area (Å²) in [6.07, 6.45) is 0. The Bertz CT molecular complexity index is 640. The average Bonchev–Trinajstić information content (AvgIpc) is 2.64. The number of carbonyl (C=O) groups is 6. The normalized spacial score (nSPS) is 11.3. The van der Waals surface area contributed by atoms with E-state index in [4.69, 9.17) is 30.6 Å². The zero-order valence-corrected chi connectivity index (χ0v) is 18.4. The third-order valence-electron chi connectivity index (χ3n) is 4.35. The summed E-state index contributed by atoms with van der Waals surface area (Å²) in [6.45, 7) is -3.36. The van der Waals surface area contributed by atoms with Crippen molar-refractivity contribution in [1.82, 2.24) is 19.6 Å². The Morgan fingerprint density at radius 3 is 0.647 bits per heavy atom. The molecule has 0 aromatic heterocycles.